The van der Waals surface area contributed by atoms with Crippen molar-refractivity contribution in [3.63, 3.8) is 0 Å². The van der Waals surface area contributed by atoms with Crippen molar-refractivity contribution in [1.82, 2.24) is 9.88 Å². The zero-order valence-corrected chi connectivity index (χ0v) is 18.3. The minimum atomic E-state index is -0.724. The number of carbonyl (C=O) groups is 1. The van der Waals surface area contributed by atoms with Gasteiger partial charge >= 0.3 is 6.09 Å². The van der Waals surface area contributed by atoms with E-state index in [0.29, 0.717) is 11.4 Å². The fourth-order valence-electron chi connectivity index (χ4n) is 2.95. The van der Waals surface area contributed by atoms with Gasteiger partial charge in [-0.2, -0.15) is 0 Å². The number of hydrogen-bond acceptors (Lipinski definition) is 4. The predicted octanol–water partition coefficient (Wildman–Crippen LogP) is 4.62. The molecule has 1 aromatic heterocycles. The molecule has 0 fully saturated rings. The van der Waals surface area contributed by atoms with Gasteiger partial charge in [0.1, 0.15) is 28.5 Å². The Labute approximate surface area is 185 Å². The number of pyridine rings is 1. The van der Waals surface area contributed by atoms with Crippen LogP contribution in [-0.4, -0.2) is 17.8 Å². The second-order valence-electron chi connectivity index (χ2n) is 6.64. The Morgan fingerprint density at radius 1 is 1.16 bits per heavy atom. The van der Waals surface area contributed by atoms with E-state index in [1.54, 1.807) is 31.2 Å². The third-order valence-corrected chi connectivity index (χ3v) is 5.22. The van der Waals surface area contributed by atoms with Gasteiger partial charge in [-0.25, -0.2) is 13.6 Å². The molecule has 2 aromatic carbocycles. The Balaban J connectivity index is 1.86. The maximum absolute atomic E-state index is 13.8. The smallest absolute Gasteiger partial charge is 0.407 e. The minimum Gasteiger partial charge on any atom is -0.487 e. The van der Waals surface area contributed by atoms with Crippen molar-refractivity contribution in [2.45, 2.75) is 20.1 Å². The molecule has 0 saturated heterocycles. The zero-order chi connectivity index (χ0) is 22.5. The molecular formula is C22H19BrF2N2O4. The van der Waals surface area contributed by atoms with Crippen molar-refractivity contribution >= 4 is 22.0 Å². The van der Waals surface area contributed by atoms with Gasteiger partial charge in [0.15, 0.2) is 0 Å². The molecule has 1 heterocycles. The summed E-state index contributed by atoms with van der Waals surface area (Å²) in [6, 6.07) is 12.0. The summed E-state index contributed by atoms with van der Waals surface area (Å²) in [6.45, 7) is 1.81. The van der Waals surface area contributed by atoms with Gasteiger partial charge in [0.2, 0.25) is 0 Å². The molecule has 3 aromatic rings. The second-order valence-corrected chi connectivity index (χ2v) is 7.44. The largest absolute Gasteiger partial charge is 0.487 e. The summed E-state index contributed by atoms with van der Waals surface area (Å²) in [7, 11) is 1.28. The first kappa shape index (κ1) is 22.5. The van der Waals surface area contributed by atoms with Gasteiger partial charge in [-0.3, -0.25) is 9.36 Å². The Morgan fingerprint density at radius 3 is 2.65 bits per heavy atom. The number of ether oxygens (including phenoxy) is 2. The maximum atomic E-state index is 13.8. The Hall–Kier alpha value is -3.20. The van der Waals surface area contributed by atoms with Crippen LogP contribution in [-0.2, 0) is 17.9 Å². The molecule has 162 valence electrons. The first-order chi connectivity index (χ1) is 14.8. The van der Waals surface area contributed by atoms with E-state index in [4.69, 9.17) is 4.74 Å². The van der Waals surface area contributed by atoms with E-state index in [9.17, 15) is 18.4 Å². The van der Waals surface area contributed by atoms with Crippen LogP contribution in [0.4, 0.5) is 13.6 Å². The number of aryl methyl sites for hydroxylation is 1. The number of methoxy groups -OCH3 is 1. The molecule has 0 radical (unpaired) electrons. The second kappa shape index (κ2) is 9.74. The predicted molar refractivity (Wildman–Crippen MR) is 114 cm³/mol. The van der Waals surface area contributed by atoms with Gasteiger partial charge in [-0.05, 0) is 52.7 Å². The molecule has 0 aliphatic carbocycles. The SMILES string of the molecule is COC(=O)NCc1cccc(-n2c(C)cc(OCc3ccc(F)cc3F)c(Br)c2=O)c1. The fraction of sp³-hybridized carbons (Fsp3) is 0.182. The zero-order valence-electron chi connectivity index (χ0n) is 16.7. The van der Waals surface area contributed by atoms with Gasteiger partial charge in [-0.1, -0.05) is 12.1 Å². The summed E-state index contributed by atoms with van der Waals surface area (Å²) in [4.78, 5) is 24.3. The first-order valence-electron chi connectivity index (χ1n) is 9.20. The molecule has 6 nitrogen and oxygen atoms in total. The number of carbonyl (C=O) groups excluding carboxylic acids is 1. The van der Waals surface area contributed by atoms with Crippen molar-refractivity contribution in [1.29, 1.82) is 0 Å². The highest BCUT2D eigenvalue weighted by Crippen LogP contribution is 2.25. The van der Waals surface area contributed by atoms with Crippen LogP contribution in [0.2, 0.25) is 0 Å². The van der Waals surface area contributed by atoms with Crippen LogP contribution in [0.3, 0.4) is 0 Å². The summed E-state index contributed by atoms with van der Waals surface area (Å²) in [5.74, 6) is -1.16. The third kappa shape index (κ3) is 5.29. The molecule has 1 N–H and O–H groups in total. The quantitative estimate of drug-likeness (QED) is 0.544. The van der Waals surface area contributed by atoms with Crippen LogP contribution in [0.1, 0.15) is 16.8 Å². The van der Waals surface area contributed by atoms with E-state index in [0.717, 1.165) is 17.7 Å². The highest BCUT2D eigenvalue weighted by Gasteiger charge is 2.15. The molecular weight excluding hydrogens is 474 g/mol. The highest BCUT2D eigenvalue weighted by molar-refractivity contribution is 9.10. The van der Waals surface area contributed by atoms with Crippen molar-refractivity contribution in [3.8, 4) is 11.4 Å². The highest BCUT2D eigenvalue weighted by atomic mass is 79.9. The maximum Gasteiger partial charge on any atom is 0.407 e. The lowest BCUT2D eigenvalue weighted by molar-refractivity contribution is 0.170. The van der Waals surface area contributed by atoms with Gasteiger partial charge in [0.05, 0.1) is 7.11 Å². The number of alkyl carbamates (subject to hydrolysis) is 1. The van der Waals surface area contributed by atoms with Crippen LogP contribution in [0.5, 0.6) is 5.75 Å². The van der Waals surface area contributed by atoms with Gasteiger partial charge in [0, 0.05) is 35.6 Å². The minimum absolute atomic E-state index is 0.164. The van der Waals surface area contributed by atoms with Crippen molar-refractivity contribution in [2.75, 3.05) is 7.11 Å². The molecule has 0 atom stereocenters. The standard InChI is InChI=1S/C22H19BrF2N2O4/c1-13-8-19(31-12-15-6-7-16(24)10-18(15)25)20(23)21(28)27(13)17-5-3-4-14(9-17)11-26-22(29)30-2/h3-10H,11-12H2,1-2H3,(H,26,29). The fourth-order valence-corrected chi connectivity index (χ4v) is 3.36. The van der Waals surface area contributed by atoms with Crippen LogP contribution in [0.25, 0.3) is 5.69 Å². The van der Waals surface area contributed by atoms with E-state index in [2.05, 4.69) is 26.0 Å². The average molecular weight is 493 g/mol. The Bertz CT molecular complexity index is 1180. The number of nitrogens with one attached hydrogen (secondary N) is 1. The Kier molecular flexibility index (Phi) is 7.06. The monoisotopic (exact) mass is 492 g/mol. The van der Waals surface area contributed by atoms with Crippen LogP contribution >= 0.6 is 15.9 Å². The van der Waals surface area contributed by atoms with E-state index in [1.807, 2.05) is 6.07 Å². The van der Waals surface area contributed by atoms with E-state index >= 15 is 0 Å². The summed E-state index contributed by atoms with van der Waals surface area (Å²) >= 11 is 3.26. The number of amides is 1. The summed E-state index contributed by atoms with van der Waals surface area (Å²) in [6.07, 6.45) is -0.555. The number of nitrogens with zero attached hydrogens (tertiary/aromatic N) is 1. The molecule has 0 unspecified atom stereocenters. The van der Waals surface area contributed by atoms with Gasteiger partial charge in [-0.15, -0.1) is 0 Å². The molecule has 31 heavy (non-hydrogen) atoms. The lowest BCUT2D eigenvalue weighted by Gasteiger charge is -2.15. The number of halogens is 3. The molecule has 0 aliphatic rings. The lowest BCUT2D eigenvalue weighted by atomic mass is 10.2. The molecule has 0 spiro atoms. The van der Waals surface area contributed by atoms with Crippen LogP contribution in [0.15, 0.2) is 57.8 Å². The molecule has 3 rings (SSSR count). The number of hydrogen-bond donors (Lipinski definition) is 1. The van der Waals surface area contributed by atoms with Crippen LogP contribution in [0, 0.1) is 18.6 Å². The average Bonchev–Trinajstić information content (AvgIpc) is 2.75. The lowest BCUT2D eigenvalue weighted by Crippen LogP contribution is -2.24. The van der Waals surface area contributed by atoms with Crippen molar-refractivity contribution in [3.05, 3.63) is 91.8 Å². The number of benzene rings is 2. The molecule has 0 aliphatic heterocycles. The molecule has 9 heteroatoms. The third-order valence-electron chi connectivity index (χ3n) is 4.49. The van der Waals surface area contributed by atoms with E-state index in [1.165, 1.54) is 17.7 Å². The topological polar surface area (TPSA) is 69.6 Å². The normalized spacial score (nSPS) is 10.6. The van der Waals surface area contributed by atoms with Gasteiger partial charge in [0.25, 0.3) is 5.56 Å². The van der Waals surface area contributed by atoms with Crippen LogP contribution < -0.4 is 15.6 Å². The summed E-state index contributed by atoms with van der Waals surface area (Å²) in [5, 5.41) is 2.59. The summed E-state index contributed by atoms with van der Waals surface area (Å²) < 4.78 is 38.7. The van der Waals surface area contributed by atoms with Crippen molar-refractivity contribution < 1.29 is 23.0 Å². The Morgan fingerprint density at radius 2 is 1.94 bits per heavy atom. The molecule has 1 amide bonds. The molecule has 0 saturated carbocycles. The van der Waals surface area contributed by atoms with Gasteiger partial charge < -0.3 is 14.8 Å². The summed E-state index contributed by atoms with van der Waals surface area (Å²) in [5.41, 5.74) is 1.76. The van der Waals surface area contributed by atoms with Crippen molar-refractivity contribution in [2.24, 2.45) is 0 Å². The van der Waals surface area contributed by atoms with E-state index in [-0.39, 0.29) is 34.5 Å². The molecule has 0 bridgehead atoms. The van der Waals surface area contributed by atoms with E-state index < -0.39 is 17.7 Å². The number of aromatic nitrogens is 1. The number of rotatable bonds is 6. The first-order valence-corrected chi connectivity index (χ1v) is 9.99.